The van der Waals surface area contributed by atoms with Crippen LogP contribution in [0.1, 0.15) is 43.6 Å². The summed E-state index contributed by atoms with van der Waals surface area (Å²) in [6.45, 7) is 2.45. The number of benzene rings is 2. The van der Waals surface area contributed by atoms with Gasteiger partial charge < -0.3 is 14.4 Å². The van der Waals surface area contributed by atoms with Crippen LogP contribution in [0.3, 0.4) is 0 Å². The van der Waals surface area contributed by atoms with Gasteiger partial charge in [0.05, 0.1) is 7.11 Å². The number of rotatable bonds is 5. The highest BCUT2D eigenvalue weighted by molar-refractivity contribution is 5.81. The van der Waals surface area contributed by atoms with Gasteiger partial charge in [-0.05, 0) is 66.7 Å². The first-order valence-electron chi connectivity index (χ1n) is 12.2. The average molecular weight is 459 g/mol. The molecule has 2 aromatic carbocycles. The fourth-order valence-electron chi connectivity index (χ4n) is 5.84. The third kappa shape index (κ3) is 3.78. The van der Waals surface area contributed by atoms with E-state index in [0.717, 1.165) is 73.6 Å². The predicted molar refractivity (Wildman–Crippen MR) is 128 cm³/mol. The molecule has 3 aliphatic rings. The predicted octanol–water partition coefficient (Wildman–Crippen LogP) is 4.42. The van der Waals surface area contributed by atoms with E-state index in [-0.39, 0.29) is 12.0 Å². The maximum Gasteiger partial charge on any atom is 0.251 e. The van der Waals surface area contributed by atoms with Crippen molar-refractivity contribution >= 4 is 5.91 Å². The van der Waals surface area contributed by atoms with Crippen LogP contribution in [-0.2, 0) is 9.53 Å². The number of amides is 1. The van der Waals surface area contributed by atoms with Crippen molar-refractivity contribution in [1.29, 1.82) is 0 Å². The van der Waals surface area contributed by atoms with Crippen molar-refractivity contribution in [2.75, 3.05) is 26.8 Å². The largest absolute Gasteiger partial charge is 0.496 e. The molecule has 3 aromatic rings. The Morgan fingerprint density at radius 1 is 1.15 bits per heavy atom. The summed E-state index contributed by atoms with van der Waals surface area (Å²) in [6, 6.07) is 15.0. The standard InChI is InChI=1S/C27H30N4O3/c1-33-24-15-20(25-28-17-29-30-25)8-9-21(24)18-4-6-19(7-5-18)22-16-27(22)10-12-31(13-11-27)26(32)23-3-2-14-34-23/h4-9,15,17,22-23H,2-3,10-14,16H2,1H3,(H,28,29,30)/t22-,23-/m1/s1. The SMILES string of the molecule is COc1cc(-c2ncn[nH]2)ccc1-c1ccc([C@H]2CC23CCN(C(=O)[C@H]2CCCO2)CC3)cc1. The zero-order valence-corrected chi connectivity index (χ0v) is 19.5. The van der Waals surface area contributed by atoms with Crippen molar-refractivity contribution in [1.82, 2.24) is 20.1 Å². The fraction of sp³-hybridized carbons (Fsp3) is 0.444. The van der Waals surface area contributed by atoms with Crippen LogP contribution in [-0.4, -0.2) is 58.9 Å². The Kier molecular flexibility index (Phi) is 5.37. The summed E-state index contributed by atoms with van der Waals surface area (Å²) in [5.74, 6) is 2.34. The Morgan fingerprint density at radius 3 is 2.62 bits per heavy atom. The molecule has 1 spiro atoms. The number of hydrogen-bond acceptors (Lipinski definition) is 5. The molecular weight excluding hydrogens is 428 g/mol. The number of H-pyrrole nitrogens is 1. The summed E-state index contributed by atoms with van der Waals surface area (Å²) in [5.41, 5.74) is 4.91. The first-order valence-corrected chi connectivity index (χ1v) is 12.2. The summed E-state index contributed by atoms with van der Waals surface area (Å²) in [7, 11) is 1.70. The highest BCUT2D eigenvalue weighted by Gasteiger charge is 2.55. The maximum atomic E-state index is 12.7. The summed E-state index contributed by atoms with van der Waals surface area (Å²) < 4.78 is 11.3. The number of aromatic nitrogens is 3. The molecule has 0 radical (unpaired) electrons. The quantitative estimate of drug-likeness (QED) is 0.612. The van der Waals surface area contributed by atoms with E-state index in [0.29, 0.717) is 11.3 Å². The lowest BCUT2D eigenvalue weighted by Gasteiger charge is -2.34. The summed E-state index contributed by atoms with van der Waals surface area (Å²) >= 11 is 0. The molecule has 2 aliphatic heterocycles. The van der Waals surface area contributed by atoms with Gasteiger partial charge in [-0.1, -0.05) is 30.3 Å². The molecule has 1 amide bonds. The molecule has 7 nitrogen and oxygen atoms in total. The van der Waals surface area contributed by atoms with E-state index < -0.39 is 0 Å². The Labute approximate surface area is 199 Å². The molecule has 3 heterocycles. The second-order valence-corrected chi connectivity index (χ2v) is 9.82. The molecule has 1 N–H and O–H groups in total. The molecule has 1 aromatic heterocycles. The number of piperidine rings is 1. The van der Waals surface area contributed by atoms with Crippen LogP contribution in [0.2, 0.25) is 0 Å². The van der Waals surface area contributed by atoms with Gasteiger partial charge in [0, 0.05) is 30.8 Å². The van der Waals surface area contributed by atoms with Gasteiger partial charge >= 0.3 is 0 Å². The Morgan fingerprint density at radius 2 is 1.94 bits per heavy atom. The Hall–Kier alpha value is -3.19. The minimum absolute atomic E-state index is 0.196. The maximum absolute atomic E-state index is 12.7. The number of likely N-dealkylation sites (tertiary alicyclic amines) is 1. The first-order chi connectivity index (χ1) is 16.7. The number of carbonyl (C=O) groups excluding carboxylic acids is 1. The number of hydrogen-bond donors (Lipinski definition) is 1. The number of nitrogens with zero attached hydrogens (tertiary/aromatic N) is 3. The number of nitrogens with one attached hydrogen (secondary N) is 1. The number of ether oxygens (including phenoxy) is 2. The minimum atomic E-state index is -0.196. The van der Waals surface area contributed by atoms with Crippen molar-refractivity contribution < 1.29 is 14.3 Å². The summed E-state index contributed by atoms with van der Waals surface area (Å²) in [5, 5.41) is 6.83. The normalized spacial score (nSPS) is 23.3. The fourth-order valence-corrected chi connectivity index (χ4v) is 5.84. The molecule has 6 rings (SSSR count). The second-order valence-electron chi connectivity index (χ2n) is 9.82. The van der Waals surface area contributed by atoms with Crippen molar-refractivity contribution in [3.63, 3.8) is 0 Å². The summed E-state index contributed by atoms with van der Waals surface area (Å²) in [4.78, 5) is 18.9. The van der Waals surface area contributed by atoms with Crippen molar-refractivity contribution in [2.45, 2.75) is 44.1 Å². The van der Waals surface area contributed by atoms with Crippen molar-refractivity contribution in [3.05, 3.63) is 54.4 Å². The van der Waals surface area contributed by atoms with E-state index in [1.54, 1.807) is 7.11 Å². The van der Waals surface area contributed by atoms with E-state index >= 15 is 0 Å². The smallest absolute Gasteiger partial charge is 0.251 e. The number of carbonyl (C=O) groups is 1. The van der Waals surface area contributed by atoms with Gasteiger partial charge in [0.1, 0.15) is 18.2 Å². The lowest BCUT2D eigenvalue weighted by atomic mass is 9.88. The minimum Gasteiger partial charge on any atom is -0.496 e. The zero-order chi connectivity index (χ0) is 23.1. The van der Waals surface area contributed by atoms with Crippen LogP contribution in [0.15, 0.2) is 48.8 Å². The van der Waals surface area contributed by atoms with Crippen LogP contribution < -0.4 is 4.74 Å². The van der Waals surface area contributed by atoms with Crippen molar-refractivity contribution in [3.8, 4) is 28.3 Å². The van der Waals surface area contributed by atoms with Crippen LogP contribution in [0.25, 0.3) is 22.5 Å². The average Bonchev–Trinajstić information content (AvgIpc) is 3.31. The lowest BCUT2D eigenvalue weighted by molar-refractivity contribution is -0.142. The van der Waals surface area contributed by atoms with Crippen molar-refractivity contribution in [2.24, 2.45) is 5.41 Å². The highest BCUT2D eigenvalue weighted by Crippen LogP contribution is 2.65. The van der Waals surface area contributed by atoms with Gasteiger partial charge in [0.2, 0.25) is 0 Å². The van der Waals surface area contributed by atoms with Gasteiger partial charge in [-0.15, -0.1) is 0 Å². The highest BCUT2D eigenvalue weighted by atomic mass is 16.5. The Balaban J connectivity index is 1.13. The van der Waals surface area contributed by atoms with Crippen LogP contribution in [0.5, 0.6) is 5.75 Å². The molecule has 0 bridgehead atoms. The molecule has 0 unspecified atom stereocenters. The van der Waals surface area contributed by atoms with Gasteiger partial charge in [0.25, 0.3) is 5.91 Å². The third-order valence-corrected chi connectivity index (χ3v) is 7.98. The van der Waals surface area contributed by atoms with E-state index in [1.807, 2.05) is 17.0 Å². The van der Waals surface area contributed by atoms with E-state index in [9.17, 15) is 4.79 Å². The summed E-state index contributed by atoms with van der Waals surface area (Å²) in [6.07, 6.45) is 6.60. The molecule has 34 heavy (non-hydrogen) atoms. The number of aromatic amines is 1. The molecular formula is C27H30N4O3. The number of methoxy groups -OCH3 is 1. The molecule has 3 fully saturated rings. The molecule has 176 valence electrons. The lowest BCUT2D eigenvalue weighted by Crippen LogP contribution is -2.44. The molecule has 7 heteroatoms. The van der Waals surface area contributed by atoms with E-state index in [1.165, 1.54) is 18.3 Å². The zero-order valence-electron chi connectivity index (χ0n) is 19.5. The Bertz CT molecular complexity index is 1160. The third-order valence-electron chi connectivity index (χ3n) is 7.98. The molecule has 2 saturated heterocycles. The van der Waals surface area contributed by atoms with Gasteiger partial charge in [-0.3, -0.25) is 9.89 Å². The molecule has 1 saturated carbocycles. The van der Waals surface area contributed by atoms with Crippen LogP contribution in [0, 0.1) is 5.41 Å². The van der Waals surface area contributed by atoms with Crippen LogP contribution >= 0.6 is 0 Å². The monoisotopic (exact) mass is 458 g/mol. The van der Waals surface area contributed by atoms with E-state index in [2.05, 4.69) is 45.5 Å². The van der Waals surface area contributed by atoms with Gasteiger partial charge in [-0.2, -0.15) is 5.10 Å². The molecule has 2 atom stereocenters. The first kappa shape index (κ1) is 21.4. The van der Waals surface area contributed by atoms with Crippen LogP contribution in [0.4, 0.5) is 0 Å². The topological polar surface area (TPSA) is 80.3 Å². The molecule has 1 aliphatic carbocycles. The second kappa shape index (κ2) is 8.55. The van der Waals surface area contributed by atoms with Gasteiger partial charge in [-0.25, -0.2) is 4.98 Å². The van der Waals surface area contributed by atoms with E-state index in [4.69, 9.17) is 9.47 Å². The van der Waals surface area contributed by atoms with Gasteiger partial charge in [0.15, 0.2) is 5.82 Å².